The van der Waals surface area contributed by atoms with Crippen molar-refractivity contribution in [1.82, 2.24) is 4.98 Å². The van der Waals surface area contributed by atoms with Gasteiger partial charge in [-0.1, -0.05) is 17.8 Å². The van der Waals surface area contributed by atoms with Gasteiger partial charge < -0.3 is 5.73 Å². The highest BCUT2D eigenvalue weighted by Gasteiger charge is 2.12. The Morgan fingerprint density at radius 3 is 2.83 bits per heavy atom. The lowest BCUT2D eigenvalue weighted by molar-refractivity contribution is 0.911. The van der Waals surface area contributed by atoms with E-state index in [-0.39, 0.29) is 0 Å². The van der Waals surface area contributed by atoms with Gasteiger partial charge in [0.1, 0.15) is 5.03 Å². The van der Waals surface area contributed by atoms with Gasteiger partial charge in [0.2, 0.25) is 0 Å². The summed E-state index contributed by atoms with van der Waals surface area (Å²) in [6.45, 7) is 0. The number of rotatable bonds is 2. The lowest BCUT2D eigenvalue weighted by Crippen LogP contribution is -1.92. The molecule has 0 bridgehead atoms. The van der Waals surface area contributed by atoms with Crippen LogP contribution in [0.1, 0.15) is 17.5 Å². The Hall–Kier alpha value is -1.00. The topological polar surface area (TPSA) is 38.9 Å². The summed E-state index contributed by atoms with van der Waals surface area (Å²) in [6, 6.07) is 8.57. The zero-order valence-electron chi connectivity index (χ0n) is 9.82. The van der Waals surface area contributed by atoms with E-state index in [1.54, 1.807) is 18.0 Å². The van der Waals surface area contributed by atoms with E-state index in [2.05, 4.69) is 39.1 Å². The number of pyridine rings is 1. The minimum Gasteiger partial charge on any atom is -0.397 e. The molecule has 1 aromatic heterocycles. The molecule has 2 N–H and O–H groups in total. The number of halogens is 1. The van der Waals surface area contributed by atoms with Gasteiger partial charge in [-0.25, -0.2) is 4.98 Å². The SMILES string of the molecule is Nc1cc(Br)cnc1Sc1ccc2c(c1)CCC2. The number of nitrogen functional groups attached to an aromatic ring is 1. The maximum atomic E-state index is 5.97. The second kappa shape index (κ2) is 4.94. The molecule has 92 valence electrons. The number of nitrogens with two attached hydrogens (primary N) is 1. The van der Waals surface area contributed by atoms with Gasteiger partial charge in [-0.2, -0.15) is 0 Å². The fourth-order valence-corrected chi connectivity index (χ4v) is 3.44. The second-order valence-electron chi connectivity index (χ2n) is 4.43. The summed E-state index contributed by atoms with van der Waals surface area (Å²) in [5.74, 6) is 0. The molecular weight excluding hydrogens is 308 g/mol. The van der Waals surface area contributed by atoms with Crippen molar-refractivity contribution < 1.29 is 0 Å². The number of benzene rings is 1. The van der Waals surface area contributed by atoms with Crippen LogP contribution in [0.3, 0.4) is 0 Å². The molecule has 0 aliphatic heterocycles. The van der Waals surface area contributed by atoms with E-state index in [1.807, 2.05) is 6.07 Å². The van der Waals surface area contributed by atoms with E-state index < -0.39 is 0 Å². The molecule has 0 amide bonds. The molecule has 0 fully saturated rings. The molecule has 4 heteroatoms. The molecule has 3 rings (SSSR count). The molecule has 0 saturated heterocycles. The van der Waals surface area contributed by atoms with Gasteiger partial charge in [-0.15, -0.1) is 0 Å². The number of hydrogen-bond acceptors (Lipinski definition) is 3. The maximum absolute atomic E-state index is 5.97. The number of hydrogen-bond donors (Lipinski definition) is 1. The van der Waals surface area contributed by atoms with E-state index >= 15 is 0 Å². The molecule has 1 aliphatic carbocycles. The van der Waals surface area contributed by atoms with Crippen LogP contribution in [0.2, 0.25) is 0 Å². The van der Waals surface area contributed by atoms with E-state index in [0.717, 1.165) is 15.2 Å². The molecule has 1 aliphatic rings. The lowest BCUT2D eigenvalue weighted by atomic mass is 10.1. The fourth-order valence-electron chi connectivity index (χ4n) is 2.25. The smallest absolute Gasteiger partial charge is 0.124 e. The number of anilines is 1. The van der Waals surface area contributed by atoms with Crippen molar-refractivity contribution in [3.8, 4) is 0 Å². The Morgan fingerprint density at radius 1 is 1.17 bits per heavy atom. The molecule has 2 nitrogen and oxygen atoms in total. The number of nitrogens with zero attached hydrogens (tertiary/aromatic N) is 1. The second-order valence-corrected chi connectivity index (χ2v) is 6.41. The molecule has 0 radical (unpaired) electrons. The average Bonchev–Trinajstić information content (AvgIpc) is 2.80. The summed E-state index contributed by atoms with van der Waals surface area (Å²) in [5.41, 5.74) is 9.66. The molecule has 0 spiro atoms. The van der Waals surface area contributed by atoms with Crippen molar-refractivity contribution in [2.45, 2.75) is 29.2 Å². The van der Waals surface area contributed by atoms with Gasteiger partial charge in [0, 0.05) is 15.6 Å². The minimum absolute atomic E-state index is 0.717. The zero-order chi connectivity index (χ0) is 12.5. The first-order valence-corrected chi connectivity index (χ1v) is 7.54. The Balaban J connectivity index is 1.88. The van der Waals surface area contributed by atoms with E-state index in [0.29, 0.717) is 0 Å². The highest BCUT2D eigenvalue weighted by Crippen LogP contribution is 2.34. The summed E-state index contributed by atoms with van der Waals surface area (Å²) in [7, 11) is 0. The van der Waals surface area contributed by atoms with Gasteiger partial charge in [0.15, 0.2) is 0 Å². The van der Waals surface area contributed by atoms with Crippen LogP contribution in [0, 0.1) is 0 Å². The third-order valence-corrected chi connectivity index (χ3v) is 4.59. The Morgan fingerprint density at radius 2 is 2.00 bits per heavy atom. The predicted octanol–water partition coefficient (Wildman–Crippen LogP) is 4.07. The Bertz CT molecular complexity index is 598. The first-order chi connectivity index (χ1) is 8.72. The summed E-state index contributed by atoms with van der Waals surface area (Å²) in [5, 5.41) is 0.871. The molecule has 2 aromatic rings. The molecule has 1 heterocycles. The zero-order valence-corrected chi connectivity index (χ0v) is 12.2. The van der Waals surface area contributed by atoms with Crippen LogP contribution in [0.25, 0.3) is 0 Å². The van der Waals surface area contributed by atoms with Crippen molar-refractivity contribution >= 4 is 33.4 Å². The maximum Gasteiger partial charge on any atom is 0.124 e. The van der Waals surface area contributed by atoms with Crippen molar-refractivity contribution in [2.75, 3.05) is 5.73 Å². The lowest BCUT2D eigenvalue weighted by Gasteiger charge is -2.06. The highest BCUT2D eigenvalue weighted by atomic mass is 79.9. The number of aromatic nitrogens is 1. The normalized spacial score (nSPS) is 13.6. The van der Waals surface area contributed by atoms with Crippen molar-refractivity contribution in [3.05, 3.63) is 46.1 Å². The number of fused-ring (bicyclic) bond motifs is 1. The first-order valence-electron chi connectivity index (χ1n) is 5.93. The molecular formula is C14H13BrN2S. The van der Waals surface area contributed by atoms with Crippen LogP contribution in [-0.2, 0) is 12.8 Å². The van der Waals surface area contributed by atoms with Crippen molar-refractivity contribution in [1.29, 1.82) is 0 Å². The summed E-state index contributed by atoms with van der Waals surface area (Å²) < 4.78 is 0.915. The Labute approximate surface area is 119 Å². The Kier molecular flexibility index (Phi) is 3.31. The van der Waals surface area contributed by atoms with E-state index in [9.17, 15) is 0 Å². The molecule has 18 heavy (non-hydrogen) atoms. The van der Waals surface area contributed by atoms with Crippen LogP contribution >= 0.6 is 27.7 Å². The monoisotopic (exact) mass is 320 g/mol. The molecule has 0 unspecified atom stereocenters. The van der Waals surface area contributed by atoms with Gasteiger partial charge in [0.25, 0.3) is 0 Å². The summed E-state index contributed by atoms with van der Waals surface area (Å²) >= 11 is 5.00. The quantitative estimate of drug-likeness (QED) is 0.906. The molecule has 0 atom stereocenters. The first kappa shape index (κ1) is 12.1. The van der Waals surface area contributed by atoms with Gasteiger partial charge in [0.05, 0.1) is 5.69 Å². The van der Waals surface area contributed by atoms with Crippen LogP contribution in [0.15, 0.2) is 44.9 Å². The average molecular weight is 321 g/mol. The molecule has 0 saturated carbocycles. The standard InChI is InChI=1S/C14H13BrN2S/c15-11-7-13(16)14(17-8-11)18-12-5-4-9-2-1-3-10(9)6-12/h4-8H,1-3,16H2. The van der Waals surface area contributed by atoms with Crippen molar-refractivity contribution in [3.63, 3.8) is 0 Å². The van der Waals surface area contributed by atoms with Crippen LogP contribution in [-0.4, -0.2) is 4.98 Å². The van der Waals surface area contributed by atoms with E-state index in [1.165, 1.54) is 35.3 Å². The third-order valence-electron chi connectivity index (χ3n) is 3.13. The van der Waals surface area contributed by atoms with Crippen LogP contribution in [0.5, 0.6) is 0 Å². The minimum atomic E-state index is 0.717. The van der Waals surface area contributed by atoms with Crippen LogP contribution < -0.4 is 5.73 Å². The summed E-state index contributed by atoms with van der Waals surface area (Å²) in [4.78, 5) is 5.58. The third kappa shape index (κ3) is 2.40. The van der Waals surface area contributed by atoms with Crippen molar-refractivity contribution in [2.24, 2.45) is 0 Å². The van der Waals surface area contributed by atoms with Gasteiger partial charge >= 0.3 is 0 Å². The fraction of sp³-hybridized carbons (Fsp3) is 0.214. The highest BCUT2D eigenvalue weighted by molar-refractivity contribution is 9.10. The predicted molar refractivity (Wildman–Crippen MR) is 78.9 cm³/mol. The number of aryl methyl sites for hydroxylation is 2. The largest absolute Gasteiger partial charge is 0.397 e. The van der Waals surface area contributed by atoms with E-state index in [4.69, 9.17) is 5.73 Å². The van der Waals surface area contributed by atoms with Crippen LogP contribution in [0.4, 0.5) is 5.69 Å². The summed E-state index contributed by atoms with van der Waals surface area (Å²) in [6.07, 6.45) is 5.49. The van der Waals surface area contributed by atoms with Gasteiger partial charge in [-0.05, 0) is 64.5 Å². The van der Waals surface area contributed by atoms with Gasteiger partial charge in [-0.3, -0.25) is 0 Å². The molecule has 1 aromatic carbocycles.